The fraction of sp³-hybridized carbons (Fsp3) is 0.316. The maximum absolute atomic E-state index is 14.1. The van der Waals surface area contributed by atoms with Crippen molar-refractivity contribution < 1.29 is 13.6 Å². The van der Waals surface area contributed by atoms with Gasteiger partial charge in [0.25, 0.3) is 5.91 Å². The number of hydrogen-bond acceptors (Lipinski definition) is 3. The summed E-state index contributed by atoms with van der Waals surface area (Å²) >= 11 is 3.08. The van der Waals surface area contributed by atoms with E-state index in [-0.39, 0.29) is 22.2 Å². The smallest absolute Gasteiger partial charge is 0.257 e. The van der Waals surface area contributed by atoms with E-state index in [1.807, 2.05) is 27.7 Å². The zero-order valence-electron chi connectivity index (χ0n) is 15.1. The Morgan fingerprint density at radius 2 is 1.73 bits per heavy atom. The molecule has 0 heterocycles. The number of hydrogen-bond donors (Lipinski definition) is 2. The molecule has 0 atom stereocenters. The van der Waals surface area contributed by atoms with Gasteiger partial charge in [-0.05, 0) is 67.9 Å². The van der Waals surface area contributed by atoms with E-state index in [1.54, 1.807) is 18.2 Å². The highest BCUT2D eigenvalue weighted by Gasteiger charge is 2.23. The molecule has 2 rings (SSSR count). The molecule has 2 aromatic carbocycles. The van der Waals surface area contributed by atoms with Crippen LogP contribution in [0.1, 0.15) is 38.1 Å². The summed E-state index contributed by atoms with van der Waals surface area (Å²) in [5.41, 5.74) is 7.18. The number of nitrogens with zero attached hydrogens (tertiary/aromatic N) is 1. The molecule has 0 fully saturated rings. The van der Waals surface area contributed by atoms with Crippen molar-refractivity contribution in [3.63, 3.8) is 0 Å². The molecule has 0 aliphatic heterocycles. The third kappa shape index (κ3) is 4.33. The second kappa shape index (κ2) is 8.03. The summed E-state index contributed by atoms with van der Waals surface area (Å²) in [6.07, 6.45) is 0. The Bertz CT molecular complexity index is 793. The fourth-order valence-corrected chi connectivity index (χ4v) is 3.46. The van der Waals surface area contributed by atoms with Crippen molar-refractivity contribution >= 4 is 38.9 Å². The summed E-state index contributed by atoms with van der Waals surface area (Å²) in [6, 6.07) is 7.14. The minimum absolute atomic E-state index is 0.120. The zero-order chi connectivity index (χ0) is 19.6. The van der Waals surface area contributed by atoms with Crippen LogP contribution in [0.15, 0.2) is 34.8 Å². The minimum Gasteiger partial charge on any atom is -0.399 e. The number of nitrogens with one attached hydrogen (secondary N) is 1. The van der Waals surface area contributed by atoms with Crippen LogP contribution in [-0.4, -0.2) is 18.0 Å². The van der Waals surface area contributed by atoms with E-state index in [0.717, 1.165) is 12.1 Å². The maximum Gasteiger partial charge on any atom is 0.257 e. The Morgan fingerprint density at radius 1 is 1.12 bits per heavy atom. The first-order chi connectivity index (χ1) is 12.1. The topological polar surface area (TPSA) is 58.4 Å². The molecule has 1 amide bonds. The van der Waals surface area contributed by atoms with Crippen LogP contribution >= 0.6 is 15.9 Å². The molecule has 7 heteroatoms. The van der Waals surface area contributed by atoms with E-state index >= 15 is 0 Å². The summed E-state index contributed by atoms with van der Waals surface area (Å²) in [5.74, 6) is -2.12. The lowest BCUT2D eigenvalue weighted by Crippen LogP contribution is -2.38. The molecule has 0 aliphatic rings. The fourth-order valence-electron chi connectivity index (χ4n) is 2.96. The van der Waals surface area contributed by atoms with Gasteiger partial charge in [0.1, 0.15) is 5.82 Å². The third-order valence-corrected chi connectivity index (χ3v) is 4.53. The average molecular weight is 426 g/mol. The molecule has 0 aliphatic carbocycles. The van der Waals surface area contributed by atoms with Crippen LogP contribution < -0.4 is 16.0 Å². The van der Waals surface area contributed by atoms with Crippen molar-refractivity contribution in [1.82, 2.24) is 0 Å². The standard InChI is InChI=1S/C19H22BrF2N3O/c1-10(2)25(11(3)4)17-6-5-13(23)9-14(17)19(26)24-18-15(20)7-12(21)8-16(18)22/h5-11H,23H2,1-4H3,(H,24,26). The van der Waals surface area contributed by atoms with Crippen molar-refractivity contribution in [2.75, 3.05) is 16.0 Å². The van der Waals surface area contributed by atoms with Gasteiger partial charge in [0.05, 0.1) is 16.9 Å². The van der Waals surface area contributed by atoms with Crippen LogP contribution in [0.3, 0.4) is 0 Å². The van der Waals surface area contributed by atoms with E-state index in [9.17, 15) is 13.6 Å². The lowest BCUT2D eigenvalue weighted by atomic mass is 10.1. The predicted octanol–water partition coefficient (Wildman–Crippen LogP) is 5.19. The first kappa shape index (κ1) is 20.2. The Kier molecular flexibility index (Phi) is 6.23. The van der Waals surface area contributed by atoms with Crippen molar-refractivity contribution in [1.29, 1.82) is 0 Å². The molecule has 0 radical (unpaired) electrons. The molecule has 0 unspecified atom stereocenters. The predicted molar refractivity (Wildman–Crippen MR) is 106 cm³/mol. The average Bonchev–Trinajstić information content (AvgIpc) is 2.51. The molecular formula is C19H22BrF2N3O. The third-order valence-electron chi connectivity index (χ3n) is 3.90. The summed E-state index contributed by atoms with van der Waals surface area (Å²) < 4.78 is 27.4. The zero-order valence-corrected chi connectivity index (χ0v) is 16.7. The Labute approximate surface area is 160 Å². The molecule has 26 heavy (non-hydrogen) atoms. The van der Waals surface area contributed by atoms with E-state index in [1.165, 1.54) is 0 Å². The van der Waals surface area contributed by atoms with Gasteiger partial charge in [-0.1, -0.05) is 0 Å². The normalized spacial score (nSPS) is 11.1. The molecule has 0 saturated heterocycles. The number of nitrogen functional groups attached to an aromatic ring is 1. The number of anilines is 3. The highest BCUT2D eigenvalue weighted by atomic mass is 79.9. The first-order valence-electron chi connectivity index (χ1n) is 8.25. The highest BCUT2D eigenvalue weighted by Crippen LogP contribution is 2.31. The molecule has 140 valence electrons. The van der Waals surface area contributed by atoms with Crippen molar-refractivity contribution in [2.24, 2.45) is 0 Å². The highest BCUT2D eigenvalue weighted by molar-refractivity contribution is 9.10. The number of benzene rings is 2. The van der Waals surface area contributed by atoms with Crippen LogP contribution in [0.25, 0.3) is 0 Å². The van der Waals surface area contributed by atoms with E-state index in [2.05, 4.69) is 26.1 Å². The number of rotatable bonds is 5. The van der Waals surface area contributed by atoms with Crippen LogP contribution in [0.4, 0.5) is 25.8 Å². The van der Waals surface area contributed by atoms with Gasteiger partial charge in [0, 0.05) is 28.3 Å². The van der Waals surface area contributed by atoms with Crippen molar-refractivity contribution in [2.45, 2.75) is 39.8 Å². The summed E-state index contributed by atoms with van der Waals surface area (Å²) in [5, 5.41) is 2.51. The maximum atomic E-state index is 14.1. The van der Waals surface area contributed by atoms with Crippen molar-refractivity contribution in [3.8, 4) is 0 Å². The molecule has 2 aromatic rings. The summed E-state index contributed by atoms with van der Waals surface area (Å²) in [4.78, 5) is 14.9. The van der Waals surface area contributed by atoms with Crippen LogP contribution in [-0.2, 0) is 0 Å². The van der Waals surface area contributed by atoms with Crippen molar-refractivity contribution in [3.05, 3.63) is 52.0 Å². The van der Waals surface area contributed by atoms with Gasteiger partial charge in [0.15, 0.2) is 5.82 Å². The molecular weight excluding hydrogens is 404 g/mol. The lowest BCUT2D eigenvalue weighted by Gasteiger charge is -2.34. The summed E-state index contributed by atoms with van der Waals surface area (Å²) in [6.45, 7) is 8.09. The summed E-state index contributed by atoms with van der Waals surface area (Å²) in [7, 11) is 0. The van der Waals surface area contributed by atoms with Gasteiger partial charge < -0.3 is 16.0 Å². The lowest BCUT2D eigenvalue weighted by molar-refractivity contribution is 0.102. The largest absolute Gasteiger partial charge is 0.399 e. The second-order valence-electron chi connectivity index (χ2n) is 6.57. The Balaban J connectivity index is 2.48. The molecule has 3 N–H and O–H groups in total. The number of carbonyl (C=O) groups excluding carboxylic acids is 1. The van der Waals surface area contributed by atoms with Crippen LogP contribution in [0.2, 0.25) is 0 Å². The molecule has 0 spiro atoms. The van der Waals surface area contributed by atoms with Gasteiger partial charge in [-0.3, -0.25) is 4.79 Å². The molecule has 0 saturated carbocycles. The van der Waals surface area contributed by atoms with Gasteiger partial charge in [0.2, 0.25) is 0 Å². The molecule has 0 bridgehead atoms. The minimum atomic E-state index is -0.861. The molecule has 0 aromatic heterocycles. The number of halogens is 3. The van der Waals surface area contributed by atoms with Crippen LogP contribution in [0, 0.1) is 11.6 Å². The molecule has 4 nitrogen and oxygen atoms in total. The SMILES string of the molecule is CC(C)N(c1ccc(N)cc1C(=O)Nc1c(F)cc(F)cc1Br)C(C)C. The van der Waals surface area contributed by atoms with E-state index < -0.39 is 17.5 Å². The van der Waals surface area contributed by atoms with Crippen LogP contribution in [0.5, 0.6) is 0 Å². The van der Waals surface area contributed by atoms with Gasteiger partial charge >= 0.3 is 0 Å². The quantitative estimate of drug-likeness (QED) is 0.648. The monoisotopic (exact) mass is 425 g/mol. The van der Waals surface area contributed by atoms with Gasteiger partial charge in [-0.2, -0.15) is 0 Å². The number of amides is 1. The van der Waals surface area contributed by atoms with Gasteiger partial charge in [-0.15, -0.1) is 0 Å². The first-order valence-corrected chi connectivity index (χ1v) is 9.04. The van der Waals surface area contributed by atoms with E-state index in [4.69, 9.17) is 5.73 Å². The van der Waals surface area contributed by atoms with E-state index in [0.29, 0.717) is 16.9 Å². The second-order valence-corrected chi connectivity index (χ2v) is 7.42. The number of carbonyl (C=O) groups is 1. The van der Waals surface area contributed by atoms with Gasteiger partial charge in [-0.25, -0.2) is 8.78 Å². The number of nitrogens with two attached hydrogens (primary N) is 1. The Hall–Kier alpha value is -2.15. The Morgan fingerprint density at radius 3 is 2.27 bits per heavy atom.